The number of aryl methyl sites for hydroxylation is 1. The molecular weight excluding hydrogens is 668 g/mol. The number of nitrogens with one attached hydrogen (secondary N) is 2. The average molecular weight is 721 g/mol. The number of hydrogen-bond acceptors (Lipinski definition) is 10. The number of aromatic nitrogens is 3. The lowest BCUT2D eigenvalue weighted by Crippen LogP contribution is -2.38. The maximum absolute atomic E-state index is 12.3. The summed E-state index contributed by atoms with van der Waals surface area (Å²) in [7, 11) is 1.86. The summed E-state index contributed by atoms with van der Waals surface area (Å²) in [6.45, 7) is 7.30. The number of nitrogens with zero attached hydrogens (tertiary/aromatic N) is 4. The second-order valence-electron chi connectivity index (χ2n) is 14.4. The fraction of sp³-hybridized carbons (Fsp3) is 0.553. The van der Waals surface area contributed by atoms with E-state index in [-0.39, 0.29) is 30.7 Å². The molecule has 52 heavy (non-hydrogen) atoms. The van der Waals surface area contributed by atoms with Gasteiger partial charge in [-0.3, -0.25) is 9.48 Å². The molecule has 3 N–H and O–H groups in total. The lowest BCUT2D eigenvalue weighted by atomic mass is 9.84. The molecule has 2 aromatic carbocycles. The molecule has 1 aromatic heterocycles. The number of fused-ring (bicyclic) bond motifs is 1. The summed E-state index contributed by atoms with van der Waals surface area (Å²) in [5, 5.41) is 24.4. The van der Waals surface area contributed by atoms with E-state index in [1.54, 1.807) is 37.6 Å². The average Bonchev–Trinajstić information content (AvgIpc) is 3.55. The predicted molar refractivity (Wildman–Crippen MR) is 195 cm³/mol. The van der Waals surface area contributed by atoms with Crippen LogP contribution in [0.2, 0.25) is 0 Å². The Balaban J connectivity index is 1.10. The van der Waals surface area contributed by atoms with Crippen LogP contribution in [0.5, 0.6) is 11.5 Å². The highest BCUT2D eigenvalue weighted by Gasteiger charge is 2.28. The van der Waals surface area contributed by atoms with Crippen molar-refractivity contribution in [3.05, 3.63) is 53.7 Å². The van der Waals surface area contributed by atoms with E-state index < -0.39 is 23.8 Å². The minimum absolute atomic E-state index is 0.0865. The van der Waals surface area contributed by atoms with Crippen LogP contribution >= 0.6 is 0 Å². The van der Waals surface area contributed by atoms with Crippen LogP contribution in [0, 0.1) is 5.92 Å². The van der Waals surface area contributed by atoms with Crippen LogP contribution in [0.1, 0.15) is 70.4 Å². The molecule has 0 saturated heterocycles. The first-order valence-electron chi connectivity index (χ1n) is 18.2. The first kappa shape index (κ1) is 38.5. The van der Waals surface area contributed by atoms with Gasteiger partial charge in [0.2, 0.25) is 0 Å². The van der Waals surface area contributed by atoms with E-state index in [0.717, 1.165) is 30.6 Å². The summed E-state index contributed by atoms with van der Waals surface area (Å²) >= 11 is 0. The smallest absolute Gasteiger partial charge is 0.481 e. The summed E-state index contributed by atoms with van der Waals surface area (Å²) in [5.74, 6) is 0.563. The molecule has 14 heteroatoms. The van der Waals surface area contributed by atoms with Crippen molar-refractivity contribution >= 4 is 23.8 Å². The van der Waals surface area contributed by atoms with Crippen LogP contribution in [0.15, 0.2) is 42.6 Å². The van der Waals surface area contributed by atoms with Gasteiger partial charge in [0.15, 0.2) is 18.1 Å². The van der Waals surface area contributed by atoms with Crippen LogP contribution in [0.3, 0.4) is 0 Å². The van der Waals surface area contributed by atoms with Crippen molar-refractivity contribution in [2.45, 2.75) is 83.8 Å². The zero-order valence-electron chi connectivity index (χ0n) is 30.7. The number of carbonyl (C=O) groups excluding carboxylic acids is 2. The number of amides is 2. The SMILES string of the molecule is Cn1cc(-c2cccc(CCOC(CCNCCN(CCc3ccc(OC(=O)OC(C)(C)C)c4c3OCC(=O)N4)C(=O)O)C3CCCCC3)c2)nn1. The summed E-state index contributed by atoms with van der Waals surface area (Å²) in [6.07, 6.45) is 8.17. The van der Waals surface area contributed by atoms with Crippen molar-refractivity contribution in [1.29, 1.82) is 0 Å². The quantitative estimate of drug-likeness (QED) is 0.0925. The summed E-state index contributed by atoms with van der Waals surface area (Å²) < 4.78 is 24.6. The summed E-state index contributed by atoms with van der Waals surface area (Å²) in [4.78, 5) is 37.9. The van der Waals surface area contributed by atoms with Gasteiger partial charge in [-0.15, -0.1) is 5.10 Å². The van der Waals surface area contributed by atoms with Gasteiger partial charge in [-0.25, -0.2) is 9.59 Å². The van der Waals surface area contributed by atoms with E-state index in [1.165, 1.54) is 42.6 Å². The lowest BCUT2D eigenvalue weighted by Gasteiger charge is -2.30. The third-order valence-electron chi connectivity index (χ3n) is 9.21. The van der Waals surface area contributed by atoms with Gasteiger partial charge < -0.3 is 39.6 Å². The van der Waals surface area contributed by atoms with Crippen LogP contribution in [0.4, 0.5) is 15.3 Å². The minimum atomic E-state index is -1.03. The summed E-state index contributed by atoms with van der Waals surface area (Å²) in [6, 6.07) is 11.6. The van der Waals surface area contributed by atoms with Gasteiger partial charge in [0.1, 0.15) is 17.0 Å². The molecule has 0 bridgehead atoms. The van der Waals surface area contributed by atoms with Crippen molar-refractivity contribution < 1.29 is 38.4 Å². The second-order valence-corrected chi connectivity index (χ2v) is 14.4. The Morgan fingerprint density at radius 3 is 2.65 bits per heavy atom. The number of benzene rings is 2. The zero-order valence-corrected chi connectivity index (χ0v) is 30.7. The molecule has 1 unspecified atom stereocenters. The molecule has 2 heterocycles. The number of carboxylic acid groups (broad SMARTS) is 1. The van der Waals surface area contributed by atoms with Gasteiger partial charge in [-0.2, -0.15) is 0 Å². The third-order valence-corrected chi connectivity index (χ3v) is 9.21. The monoisotopic (exact) mass is 720 g/mol. The van der Waals surface area contributed by atoms with Gasteiger partial charge in [-0.05, 0) is 88.6 Å². The van der Waals surface area contributed by atoms with E-state index >= 15 is 0 Å². The first-order chi connectivity index (χ1) is 24.9. The Hall–Kier alpha value is -4.69. The molecule has 282 valence electrons. The molecule has 1 saturated carbocycles. The van der Waals surface area contributed by atoms with Crippen LogP contribution < -0.4 is 20.1 Å². The molecular formula is C38H52N6O8. The number of carbonyl (C=O) groups is 3. The van der Waals surface area contributed by atoms with Gasteiger partial charge >= 0.3 is 12.2 Å². The predicted octanol–water partition coefficient (Wildman–Crippen LogP) is 5.84. The lowest BCUT2D eigenvalue weighted by molar-refractivity contribution is -0.118. The standard InChI is InChI=1S/C38H52N6O8/c1-38(2,3)52-37(48)51-32-14-13-28(35-34(32)40-33(45)25-50-35)16-20-44(36(46)47)21-19-39-18-15-31(27-10-6-5-7-11-27)49-22-17-26-9-8-12-29(23-26)30-24-43(4)42-41-30/h8-9,12-14,23-24,27,31,39H,5-7,10-11,15-22,25H2,1-4H3,(H,40,45)(H,46,47). The van der Waals surface area contributed by atoms with Crippen molar-refractivity contribution in [3.63, 3.8) is 0 Å². The molecule has 1 aliphatic heterocycles. The van der Waals surface area contributed by atoms with E-state index in [2.05, 4.69) is 33.1 Å². The van der Waals surface area contributed by atoms with Crippen LogP contribution in [0.25, 0.3) is 11.3 Å². The highest BCUT2D eigenvalue weighted by atomic mass is 16.7. The third kappa shape index (κ3) is 11.4. The molecule has 1 aliphatic carbocycles. The highest BCUT2D eigenvalue weighted by Crippen LogP contribution is 2.40. The number of anilines is 1. The van der Waals surface area contributed by atoms with E-state index in [9.17, 15) is 19.5 Å². The van der Waals surface area contributed by atoms with Crippen molar-refractivity contribution in [1.82, 2.24) is 25.2 Å². The van der Waals surface area contributed by atoms with Crippen LogP contribution in [-0.2, 0) is 34.2 Å². The molecule has 0 spiro atoms. The Labute approximate surface area is 305 Å². The van der Waals surface area contributed by atoms with E-state index in [1.807, 2.05) is 25.4 Å². The fourth-order valence-electron chi connectivity index (χ4n) is 6.64. The molecule has 1 fully saturated rings. The maximum Gasteiger partial charge on any atom is 0.514 e. The minimum Gasteiger partial charge on any atom is -0.481 e. The zero-order chi connectivity index (χ0) is 37.1. The maximum atomic E-state index is 12.3. The number of ether oxygens (including phenoxy) is 4. The Kier molecular flexibility index (Phi) is 13.5. The first-order valence-corrected chi connectivity index (χ1v) is 18.2. The molecule has 5 rings (SSSR count). The van der Waals surface area contributed by atoms with Crippen molar-refractivity contribution in [2.75, 3.05) is 44.7 Å². The molecule has 2 aliphatic rings. The fourth-order valence-corrected chi connectivity index (χ4v) is 6.64. The second kappa shape index (κ2) is 18.2. The number of rotatable bonds is 16. The Morgan fingerprint density at radius 2 is 1.92 bits per heavy atom. The van der Waals surface area contributed by atoms with E-state index in [4.69, 9.17) is 18.9 Å². The van der Waals surface area contributed by atoms with Crippen molar-refractivity contribution in [3.8, 4) is 22.8 Å². The molecule has 14 nitrogen and oxygen atoms in total. The van der Waals surface area contributed by atoms with Gasteiger partial charge in [0.05, 0.1) is 18.9 Å². The van der Waals surface area contributed by atoms with E-state index in [0.29, 0.717) is 43.3 Å². The van der Waals surface area contributed by atoms with Crippen molar-refractivity contribution in [2.24, 2.45) is 13.0 Å². The van der Waals surface area contributed by atoms with Crippen LogP contribution in [-0.4, -0.2) is 94.3 Å². The molecule has 3 aromatic rings. The highest BCUT2D eigenvalue weighted by molar-refractivity contribution is 5.98. The Morgan fingerprint density at radius 1 is 1.12 bits per heavy atom. The summed E-state index contributed by atoms with van der Waals surface area (Å²) in [5.41, 5.74) is 3.22. The molecule has 1 atom stereocenters. The molecule has 0 radical (unpaired) electrons. The topological polar surface area (TPSA) is 166 Å². The largest absolute Gasteiger partial charge is 0.514 e. The van der Waals surface area contributed by atoms with Gasteiger partial charge in [-0.1, -0.05) is 48.7 Å². The van der Waals surface area contributed by atoms with Gasteiger partial charge in [0.25, 0.3) is 5.91 Å². The number of hydrogen-bond donors (Lipinski definition) is 3. The Bertz CT molecular complexity index is 1670. The van der Waals surface area contributed by atoms with Gasteiger partial charge in [0, 0.05) is 32.2 Å². The normalized spacial score (nSPS) is 15.3. The molecule has 2 amide bonds.